The minimum atomic E-state index is -0.0226. The molecule has 27 heavy (non-hydrogen) atoms. The normalized spacial score (nSPS) is 13.8. The monoisotopic (exact) mass is 365 g/mol. The summed E-state index contributed by atoms with van der Waals surface area (Å²) in [5.74, 6) is 2.06. The molecule has 5 rings (SSSR count). The molecule has 0 saturated heterocycles. The molecule has 3 aromatic rings. The second-order valence-corrected chi connectivity index (χ2v) is 6.30. The maximum Gasteiger partial charge on any atom is 0.231 e. The van der Waals surface area contributed by atoms with E-state index in [1.54, 1.807) is 19.2 Å². The molecule has 0 radical (unpaired) electrons. The highest BCUT2D eigenvalue weighted by Crippen LogP contribution is 2.50. The Hall–Kier alpha value is -3.61. The van der Waals surface area contributed by atoms with Gasteiger partial charge in [0.25, 0.3) is 0 Å². The van der Waals surface area contributed by atoms with Crippen LogP contribution in [0.2, 0.25) is 0 Å². The third-order valence-electron chi connectivity index (χ3n) is 4.80. The fraction of sp³-hybridized carbons (Fsp3) is 0.150. The van der Waals surface area contributed by atoms with Crippen LogP contribution < -0.4 is 23.8 Å². The molecule has 7 nitrogen and oxygen atoms in total. The van der Waals surface area contributed by atoms with Crippen molar-refractivity contribution in [3.63, 3.8) is 0 Å². The second-order valence-electron chi connectivity index (χ2n) is 6.30. The number of benzene rings is 3. The molecule has 3 aromatic carbocycles. The zero-order chi connectivity index (χ0) is 18.5. The van der Waals surface area contributed by atoms with Gasteiger partial charge in [0.05, 0.1) is 5.69 Å². The van der Waals surface area contributed by atoms with Crippen LogP contribution in [0.4, 0.5) is 5.69 Å². The van der Waals surface area contributed by atoms with E-state index in [9.17, 15) is 9.90 Å². The summed E-state index contributed by atoms with van der Waals surface area (Å²) in [6.45, 7) is 0.231. The molecular formula is C20H15NO6. The van der Waals surface area contributed by atoms with E-state index in [2.05, 4.69) is 0 Å². The lowest BCUT2D eigenvalue weighted by Crippen LogP contribution is -2.15. The van der Waals surface area contributed by atoms with Crippen LogP contribution in [0.5, 0.6) is 28.7 Å². The molecule has 2 aliphatic rings. The highest BCUT2D eigenvalue weighted by Gasteiger charge is 2.25. The third-order valence-corrected chi connectivity index (χ3v) is 4.80. The summed E-state index contributed by atoms with van der Waals surface area (Å²) in [6.07, 6.45) is 0.729. The maximum absolute atomic E-state index is 11.6. The standard InChI is InChI=1S/C20H15NO6/c1-21(8-22)18-12(13-4-5-15-20(19(13)23)27-10-24-15)3-2-11-6-16-17(7-14(11)18)26-9-25-16/h2-8,23H,9-10H2,1H3. The van der Waals surface area contributed by atoms with Gasteiger partial charge in [-0.1, -0.05) is 12.1 Å². The number of phenols is 1. The van der Waals surface area contributed by atoms with Crippen LogP contribution in [-0.4, -0.2) is 32.2 Å². The Bertz CT molecular complexity index is 1090. The predicted molar refractivity (Wildman–Crippen MR) is 97.8 cm³/mol. The Labute approximate surface area is 154 Å². The van der Waals surface area contributed by atoms with Crippen LogP contribution in [-0.2, 0) is 4.79 Å². The summed E-state index contributed by atoms with van der Waals surface area (Å²) >= 11 is 0. The largest absolute Gasteiger partial charge is 0.504 e. The summed E-state index contributed by atoms with van der Waals surface area (Å²) in [5.41, 5.74) is 1.88. The fourth-order valence-corrected chi connectivity index (χ4v) is 3.52. The number of fused-ring (bicyclic) bond motifs is 3. The van der Waals surface area contributed by atoms with E-state index in [4.69, 9.17) is 18.9 Å². The number of aromatic hydroxyl groups is 1. The molecule has 0 unspecified atom stereocenters. The van der Waals surface area contributed by atoms with Crippen molar-refractivity contribution >= 4 is 22.9 Å². The molecule has 2 heterocycles. The Morgan fingerprint density at radius 3 is 2.44 bits per heavy atom. The van der Waals surface area contributed by atoms with E-state index >= 15 is 0 Å². The average molecular weight is 365 g/mol. The Balaban J connectivity index is 1.80. The van der Waals surface area contributed by atoms with Gasteiger partial charge < -0.3 is 29.0 Å². The first-order chi connectivity index (χ1) is 13.2. The van der Waals surface area contributed by atoms with Gasteiger partial charge in [-0.25, -0.2) is 0 Å². The SMILES string of the molecule is CN(C=O)c1c(-c2ccc3c(c2O)OCO3)ccc2cc3c(cc12)OCO3. The van der Waals surface area contributed by atoms with E-state index in [0.717, 1.165) is 17.2 Å². The molecule has 2 aliphatic heterocycles. The van der Waals surface area contributed by atoms with Gasteiger partial charge in [-0.05, 0) is 29.7 Å². The topological polar surface area (TPSA) is 77.5 Å². The van der Waals surface area contributed by atoms with E-state index in [1.807, 2.05) is 24.3 Å². The number of nitrogens with zero attached hydrogens (tertiary/aromatic N) is 1. The van der Waals surface area contributed by atoms with Gasteiger partial charge in [-0.3, -0.25) is 4.79 Å². The number of anilines is 1. The first kappa shape index (κ1) is 15.6. The van der Waals surface area contributed by atoms with Crippen molar-refractivity contribution in [2.45, 2.75) is 0 Å². The summed E-state index contributed by atoms with van der Waals surface area (Å²) in [6, 6.07) is 11.0. The van der Waals surface area contributed by atoms with Gasteiger partial charge in [0, 0.05) is 23.6 Å². The van der Waals surface area contributed by atoms with Gasteiger partial charge in [0.15, 0.2) is 23.0 Å². The second kappa shape index (κ2) is 5.70. The Morgan fingerprint density at radius 1 is 0.926 bits per heavy atom. The van der Waals surface area contributed by atoms with Crippen molar-refractivity contribution in [2.24, 2.45) is 0 Å². The summed E-state index contributed by atoms with van der Waals surface area (Å²) in [5, 5.41) is 12.4. The molecule has 0 spiro atoms. The van der Waals surface area contributed by atoms with Crippen LogP contribution >= 0.6 is 0 Å². The average Bonchev–Trinajstić information content (AvgIpc) is 3.34. The molecule has 7 heteroatoms. The number of amides is 1. The molecule has 0 bridgehead atoms. The minimum absolute atomic E-state index is 0.0226. The number of carbonyl (C=O) groups excluding carboxylic acids is 1. The molecular weight excluding hydrogens is 350 g/mol. The van der Waals surface area contributed by atoms with Gasteiger partial charge in [-0.2, -0.15) is 0 Å². The van der Waals surface area contributed by atoms with Crippen LogP contribution in [0.1, 0.15) is 0 Å². The third kappa shape index (κ3) is 2.25. The Morgan fingerprint density at radius 2 is 1.63 bits per heavy atom. The van der Waals surface area contributed by atoms with Gasteiger partial charge >= 0.3 is 0 Å². The number of carbonyl (C=O) groups is 1. The number of phenolic OH excluding ortho intramolecular Hbond substituents is 1. The molecule has 0 atom stereocenters. The van der Waals surface area contributed by atoms with E-state index < -0.39 is 0 Å². The number of hydrogen-bond acceptors (Lipinski definition) is 6. The zero-order valence-corrected chi connectivity index (χ0v) is 14.4. The maximum atomic E-state index is 11.6. The molecule has 0 aliphatic carbocycles. The molecule has 136 valence electrons. The molecule has 1 N–H and O–H groups in total. The van der Waals surface area contributed by atoms with E-state index in [0.29, 0.717) is 39.8 Å². The molecule has 1 amide bonds. The minimum Gasteiger partial charge on any atom is -0.504 e. The quantitative estimate of drug-likeness (QED) is 0.718. The highest BCUT2D eigenvalue weighted by atomic mass is 16.7. The predicted octanol–water partition coefficient (Wildman–Crippen LogP) is 3.26. The van der Waals surface area contributed by atoms with E-state index in [1.165, 1.54) is 4.90 Å². The summed E-state index contributed by atoms with van der Waals surface area (Å²) in [7, 11) is 1.67. The lowest BCUT2D eigenvalue weighted by Gasteiger charge is -2.20. The first-order valence-corrected chi connectivity index (χ1v) is 8.34. The zero-order valence-electron chi connectivity index (χ0n) is 14.4. The van der Waals surface area contributed by atoms with Crippen molar-refractivity contribution < 1.29 is 28.8 Å². The van der Waals surface area contributed by atoms with Crippen LogP contribution in [0.15, 0.2) is 36.4 Å². The van der Waals surface area contributed by atoms with Crippen LogP contribution in [0, 0.1) is 0 Å². The van der Waals surface area contributed by atoms with Crippen molar-refractivity contribution in [1.29, 1.82) is 0 Å². The van der Waals surface area contributed by atoms with Gasteiger partial charge in [0.2, 0.25) is 25.7 Å². The van der Waals surface area contributed by atoms with Crippen LogP contribution in [0.3, 0.4) is 0 Å². The molecule has 0 aromatic heterocycles. The lowest BCUT2D eigenvalue weighted by molar-refractivity contribution is -0.107. The molecule has 0 fully saturated rings. The number of ether oxygens (including phenoxy) is 4. The summed E-state index contributed by atoms with van der Waals surface area (Å²) in [4.78, 5) is 13.1. The lowest BCUT2D eigenvalue weighted by atomic mass is 9.96. The van der Waals surface area contributed by atoms with Gasteiger partial charge in [0.1, 0.15) is 0 Å². The highest BCUT2D eigenvalue weighted by molar-refractivity contribution is 6.07. The fourth-order valence-electron chi connectivity index (χ4n) is 3.52. The summed E-state index contributed by atoms with van der Waals surface area (Å²) < 4.78 is 21.6. The van der Waals surface area contributed by atoms with Crippen molar-refractivity contribution in [1.82, 2.24) is 0 Å². The van der Waals surface area contributed by atoms with Crippen molar-refractivity contribution in [3.8, 4) is 39.9 Å². The number of hydrogen-bond donors (Lipinski definition) is 1. The van der Waals surface area contributed by atoms with Crippen molar-refractivity contribution in [2.75, 3.05) is 25.5 Å². The van der Waals surface area contributed by atoms with Crippen LogP contribution in [0.25, 0.3) is 21.9 Å². The van der Waals surface area contributed by atoms with Gasteiger partial charge in [-0.15, -0.1) is 0 Å². The number of rotatable bonds is 3. The Kier molecular flexibility index (Phi) is 3.30. The van der Waals surface area contributed by atoms with Crippen molar-refractivity contribution in [3.05, 3.63) is 36.4 Å². The molecule has 0 saturated carbocycles. The first-order valence-electron chi connectivity index (χ1n) is 8.34. The van der Waals surface area contributed by atoms with E-state index in [-0.39, 0.29) is 19.3 Å². The smallest absolute Gasteiger partial charge is 0.231 e.